The van der Waals surface area contributed by atoms with Crippen molar-refractivity contribution in [2.24, 2.45) is 0 Å². The van der Waals surface area contributed by atoms with Gasteiger partial charge in [-0.2, -0.15) is 0 Å². The number of ether oxygens (including phenoxy) is 1. The molecule has 0 spiro atoms. The molecule has 0 unspecified atom stereocenters. The van der Waals surface area contributed by atoms with Gasteiger partial charge in [-0.3, -0.25) is 9.59 Å². The third kappa shape index (κ3) is 5.29. The molecule has 0 aliphatic carbocycles. The highest BCUT2D eigenvalue weighted by atomic mass is 35.5. The molecule has 2 N–H and O–H groups in total. The van der Waals surface area contributed by atoms with Crippen molar-refractivity contribution in [1.82, 2.24) is 5.32 Å². The topological polar surface area (TPSA) is 84.5 Å². The number of esters is 1. The molecular weight excluding hydrogens is 363 g/mol. The minimum atomic E-state index is -0.981. The predicted octanol–water partition coefficient (Wildman–Crippen LogP) is 3.02. The number of carbonyl (C=O) groups is 3. The highest BCUT2D eigenvalue weighted by molar-refractivity contribution is 6.30. The fourth-order valence-corrected chi connectivity index (χ4v) is 2.22. The predicted molar refractivity (Wildman–Crippen MR) is 94.8 cm³/mol. The first-order valence-corrected chi connectivity index (χ1v) is 8.08. The van der Waals surface area contributed by atoms with Crippen LogP contribution in [-0.2, 0) is 9.53 Å². The summed E-state index contributed by atoms with van der Waals surface area (Å²) in [7, 11) is 0. The summed E-state index contributed by atoms with van der Waals surface area (Å²) in [5.41, 5.74) is 0.429. The molecule has 0 saturated carbocycles. The first-order valence-electron chi connectivity index (χ1n) is 7.71. The van der Waals surface area contributed by atoms with Gasteiger partial charge in [-0.15, -0.1) is 0 Å². The second kappa shape index (κ2) is 8.96. The first-order chi connectivity index (χ1) is 12.4. The lowest BCUT2D eigenvalue weighted by Gasteiger charge is -2.09. The average molecular weight is 379 g/mol. The van der Waals surface area contributed by atoms with Crippen LogP contribution in [0.1, 0.15) is 27.6 Å². The Kier molecular flexibility index (Phi) is 6.68. The second-order valence-electron chi connectivity index (χ2n) is 5.19. The standard InChI is InChI=1S/C18H16ClFN2O4/c1-2-21-17(24)11-4-3-5-13(8-11)22-16(23)10-26-18(25)14-7-6-12(19)9-15(14)20/h3-9H,2,10H2,1H3,(H,21,24)(H,22,23). The van der Waals surface area contributed by atoms with Gasteiger partial charge in [-0.05, 0) is 43.3 Å². The van der Waals surface area contributed by atoms with Crippen LogP contribution in [0.4, 0.5) is 10.1 Å². The molecule has 0 aromatic heterocycles. The zero-order valence-corrected chi connectivity index (χ0v) is 14.6. The Morgan fingerprint density at radius 2 is 1.92 bits per heavy atom. The SMILES string of the molecule is CCNC(=O)c1cccc(NC(=O)COC(=O)c2ccc(Cl)cc2F)c1. The van der Waals surface area contributed by atoms with E-state index in [1.807, 2.05) is 0 Å². The van der Waals surface area contributed by atoms with Crippen molar-refractivity contribution in [2.75, 3.05) is 18.5 Å². The number of nitrogens with one attached hydrogen (secondary N) is 2. The lowest BCUT2D eigenvalue weighted by molar-refractivity contribution is -0.119. The lowest BCUT2D eigenvalue weighted by Crippen LogP contribution is -2.23. The van der Waals surface area contributed by atoms with E-state index in [-0.39, 0.29) is 16.5 Å². The van der Waals surface area contributed by atoms with Crippen LogP contribution in [0.15, 0.2) is 42.5 Å². The van der Waals surface area contributed by atoms with Crippen molar-refractivity contribution in [3.63, 3.8) is 0 Å². The number of hydrogen-bond donors (Lipinski definition) is 2. The maximum Gasteiger partial charge on any atom is 0.341 e. The monoisotopic (exact) mass is 378 g/mol. The van der Waals surface area contributed by atoms with Crippen LogP contribution < -0.4 is 10.6 Å². The smallest absolute Gasteiger partial charge is 0.341 e. The van der Waals surface area contributed by atoms with Gasteiger partial charge in [0.25, 0.3) is 11.8 Å². The summed E-state index contributed by atoms with van der Waals surface area (Å²) in [6, 6.07) is 9.77. The number of benzene rings is 2. The Balaban J connectivity index is 1.93. The molecule has 2 amide bonds. The van der Waals surface area contributed by atoms with Crippen molar-refractivity contribution in [3.8, 4) is 0 Å². The Bertz CT molecular complexity index is 842. The van der Waals surface area contributed by atoms with Gasteiger partial charge >= 0.3 is 5.97 Å². The number of rotatable bonds is 6. The maximum absolute atomic E-state index is 13.6. The zero-order valence-electron chi connectivity index (χ0n) is 13.8. The highest BCUT2D eigenvalue weighted by Gasteiger charge is 2.15. The van der Waals surface area contributed by atoms with E-state index in [9.17, 15) is 18.8 Å². The van der Waals surface area contributed by atoms with Gasteiger partial charge in [0.2, 0.25) is 0 Å². The molecule has 26 heavy (non-hydrogen) atoms. The molecule has 2 rings (SSSR count). The first kappa shape index (κ1) is 19.4. The molecule has 0 saturated heterocycles. The fraction of sp³-hybridized carbons (Fsp3) is 0.167. The number of hydrogen-bond acceptors (Lipinski definition) is 4. The summed E-state index contributed by atoms with van der Waals surface area (Å²) in [6.45, 7) is 1.67. The van der Waals surface area contributed by atoms with E-state index in [4.69, 9.17) is 16.3 Å². The van der Waals surface area contributed by atoms with Crippen molar-refractivity contribution in [3.05, 3.63) is 64.4 Å². The third-order valence-corrected chi connectivity index (χ3v) is 3.47. The summed E-state index contributed by atoms with van der Waals surface area (Å²) in [5.74, 6) is -2.71. The van der Waals surface area contributed by atoms with Crippen LogP contribution in [0.2, 0.25) is 5.02 Å². The number of carbonyl (C=O) groups excluding carboxylic acids is 3. The molecule has 0 heterocycles. The normalized spacial score (nSPS) is 10.1. The van der Waals surface area contributed by atoms with Crippen LogP contribution in [-0.4, -0.2) is 30.9 Å². The van der Waals surface area contributed by atoms with Crippen molar-refractivity contribution in [2.45, 2.75) is 6.92 Å². The largest absolute Gasteiger partial charge is 0.452 e. The molecule has 0 atom stereocenters. The number of anilines is 1. The fourth-order valence-electron chi connectivity index (χ4n) is 2.06. The van der Waals surface area contributed by atoms with Crippen LogP contribution in [0.5, 0.6) is 0 Å². The van der Waals surface area contributed by atoms with Gasteiger partial charge < -0.3 is 15.4 Å². The molecule has 2 aromatic carbocycles. The summed E-state index contributed by atoms with van der Waals surface area (Å²) < 4.78 is 18.4. The molecule has 0 fully saturated rings. The third-order valence-electron chi connectivity index (χ3n) is 3.23. The molecule has 2 aromatic rings. The molecule has 0 bridgehead atoms. The molecule has 0 aliphatic heterocycles. The van der Waals surface area contributed by atoms with Crippen molar-refractivity contribution in [1.29, 1.82) is 0 Å². The molecule has 136 valence electrons. The van der Waals surface area contributed by atoms with E-state index in [1.165, 1.54) is 18.2 Å². The van der Waals surface area contributed by atoms with E-state index in [0.717, 1.165) is 6.07 Å². The summed E-state index contributed by atoms with van der Waals surface area (Å²) in [5, 5.41) is 5.29. The number of amides is 2. The van der Waals surface area contributed by atoms with E-state index in [1.54, 1.807) is 25.1 Å². The summed E-state index contributed by atoms with van der Waals surface area (Å²) in [6.07, 6.45) is 0. The Morgan fingerprint density at radius 1 is 1.15 bits per heavy atom. The Morgan fingerprint density at radius 3 is 2.62 bits per heavy atom. The van der Waals surface area contributed by atoms with Gasteiger partial charge in [0, 0.05) is 22.8 Å². The van der Waals surface area contributed by atoms with E-state index in [0.29, 0.717) is 17.8 Å². The van der Waals surface area contributed by atoms with Gasteiger partial charge in [0.1, 0.15) is 5.82 Å². The van der Waals surface area contributed by atoms with Gasteiger partial charge in [0.15, 0.2) is 6.61 Å². The van der Waals surface area contributed by atoms with Crippen molar-refractivity contribution < 1.29 is 23.5 Å². The van der Waals surface area contributed by atoms with E-state index >= 15 is 0 Å². The Hall–Kier alpha value is -2.93. The molecule has 8 heteroatoms. The second-order valence-corrected chi connectivity index (χ2v) is 5.63. The number of halogens is 2. The summed E-state index contributed by atoms with van der Waals surface area (Å²) in [4.78, 5) is 35.5. The summed E-state index contributed by atoms with van der Waals surface area (Å²) >= 11 is 5.61. The van der Waals surface area contributed by atoms with Gasteiger partial charge in [-0.1, -0.05) is 17.7 Å². The van der Waals surface area contributed by atoms with Gasteiger partial charge in [0.05, 0.1) is 5.56 Å². The lowest BCUT2D eigenvalue weighted by atomic mass is 10.2. The van der Waals surface area contributed by atoms with Crippen LogP contribution in [0.3, 0.4) is 0 Å². The minimum Gasteiger partial charge on any atom is -0.452 e. The van der Waals surface area contributed by atoms with E-state index < -0.39 is 24.3 Å². The van der Waals surface area contributed by atoms with E-state index in [2.05, 4.69) is 10.6 Å². The van der Waals surface area contributed by atoms with Crippen molar-refractivity contribution >= 4 is 35.1 Å². The zero-order chi connectivity index (χ0) is 19.1. The highest BCUT2D eigenvalue weighted by Crippen LogP contribution is 2.15. The van der Waals surface area contributed by atoms with Crippen LogP contribution >= 0.6 is 11.6 Å². The average Bonchev–Trinajstić information content (AvgIpc) is 2.60. The van der Waals surface area contributed by atoms with Crippen LogP contribution in [0, 0.1) is 5.82 Å². The molecule has 6 nitrogen and oxygen atoms in total. The quantitative estimate of drug-likeness (QED) is 0.757. The van der Waals surface area contributed by atoms with Crippen LogP contribution in [0.25, 0.3) is 0 Å². The molecule has 0 radical (unpaired) electrons. The Labute approximate surface area is 154 Å². The van der Waals surface area contributed by atoms with Gasteiger partial charge in [-0.25, -0.2) is 9.18 Å². The molecule has 0 aliphatic rings. The molecular formula is C18H16ClFN2O4. The minimum absolute atomic E-state index is 0.142. The maximum atomic E-state index is 13.6.